The van der Waals surface area contributed by atoms with Crippen LogP contribution in [0.5, 0.6) is 0 Å². The van der Waals surface area contributed by atoms with Crippen molar-refractivity contribution in [1.82, 2.24) is 0 Å². The lowest BCUT2D eigenvalue weighted by molar-refractivity contribution is 2.51. The number of hydrogen-bond donors (Lipinski definition) is 1. The Morgan fingerprint density at radius 3 is 1.14 bits per heavy atom. The Kier molecular flexibility index (Phi) is 25.1. The van der Waals surface area contributed by atoms with Crippen molar-refractivity contribution in [3.05, 3.63) is 0 Å². The third-order valence-corrected chi connectivity index (χ3v) is 1.50. The average Bonchev–Trinajstić information content (AvgIpc) is 1.69. The summed E-state index contributed by atoms with van der Waals surface area (Å²) in [6, 6.07) is 0. The van der Waals surface area contributed by atoms with Gasteiger partial charge in [0.15, 0.2) is 0 Å². The molecule has 0 fully saturated rings. The lowest BCUT2D eigenvalue weighted by Crippen LogP contribution is -1.28. The predicted molar refractivity (Wildman–Crippen MR) is 49.5 cm³/mol. The van der Waals surface area contributed by atoms with E-state index in [1.807, 2.05) is 6.26 Å². The zero-order valence-corrected chi connectivity index (χ0v) is 8.02. The molecule has 7 heavy (non-hydrogen) atoms. The summed E-state index contributed by atoms with van der Waals surface area (Å²) in [7, 11) is 4.99. The summed E-state index contributed by atoms with van der Waals surface area (Å²) in [6.45, 7) is 0. The van der Waals surface area contributed by atoms with Crippen LogP contribution in [0.25, 0.3) is 0 Å². The fourth-order valence-electron chi connectivity index (χ4n) is 0. The molecule has 0 nitrogen and oxygen atoms in total. The molecule has 0 saturated carbocycles. The number of thiol groups is 1. The van der Waals surface area contributed by atoms with Crippen LogP contribution in [0.4, 0.5) is 0 Å². The Bertz CT molecular complexity index is 14.4. The number of hydrogen-bond acceptors (Lipinski definition) is 4. The van der Waals surface area contributed by atoms with Gasteiger partial charge in [-0.3, -0.25) is 0 Å². The molecule has 4 heteroatoms. The van der Waals surface area contributed by atoms with Gasteiger partial charge in [-0.1, -0.05) is 21.6 Å². The Labute approximate surface area is 62.8 Å². The summed E-state index contributed by atoms with van der Waals surface area (Å²) in [5.41, 5.74) is 0. The summed E-state index contributed by atoms with van der Waals surface area (Å²) >= 11 is 3.71. The van der Waals surface area contributed by atoms with E-state index in [1.165, 1.54) is 10.8 Å². The summed E-state index contributed by atoms with van der Waals surface area (Å²) in [5.74, 6) is 0. The van der Waals surface area contributed by atoms with Gasteiger partial charge in [0, 0.05) is 0 Å². The maximum atomic E-state index is 3.71. The molecule has 0 spiro atoms. The van der Waals surface area contributed by atoms with E-state index in [-0.39, 0.29) is 0 Å². The quantitative estimate of drug-likeness (QED) is 0.480. The van der Waals surface area contributed by atoms with Gasteiger partial charge in [0.25, 0.3) is 0 Å². The standard InChI is InChI=1S/C2H6S2.CH4S2/c1-3-4-2;1-3-2/h1-2H3;2H,1H3. The van der Waals surface area contributed by atoms with Gasteiger partial charge in [0.2, 0.25) is 0 Å². The fourth-order valence-corrected chi connectivity index (χ4v) is 0. The molecule has 0 saturated heterocycles. The van der Waals surface area contributed by atoms with Crippen molar-refractivity contribution < 1.29 is 0 Å². The van der Waals surface area contributed by atoms with Gasteiger partial charge in [-0.05, 0) is 18.8 Å². The molecule has 0 aromatic heterocycles. The second-order valence-corrected chi connectivity index (χ2v) is 4.64. The zero-order chi connectivity index (χ0) is 6.12. The van der Waals surface area contributed by atoms with Gasteiger partial charge in [0.1, 0.15) is 0 Å². The van der Waals surface area contributed by atoms with Crippen molar-refractivity contribution >= 4 is 44.0 Å². The van der Waals surface area contributed by atoms with Gasteiger partial charge in [0.05, 0.1) is 0 Å². The topological polar surface area (TPSA) is 0 Å². The molecular weight excluding hydrogens is 164 g/mol. The van der Waals surface area contributed by atoms with Crippen LogP contribution < -0.4 is 0 Å². The van der Waals surface area contributed by atoms with Crippen molar-refractivity contribution in [2.24, 2.45) is 0 Å². The molecule has 0 N–H and O–H groups in total. The second-order valence-electron chi connectivity index (χ2n) is 0.516. The lowest BCUT2D eigenvalue weighted by Gasteiger charge is -1.69. The SMILES string of the molecule is CSS.CSSC. The summed E-state index contributed by atoms with van der Waals surface area (Å²) < 4.78 is 0. The Morgan fingerprint density at radius 2 is 1.14 bits per heavy atom. The first-order chi connectivity index (χ1) is 3.33. The van der Waals surface area contributed by atoms with Crippen molar-refractivity contribution in [3.8, 4) is 0 Å². The van der Waals surface area contributed by atoms with Gasteiger partial charge in [-0.25, -0.2) is 0 Å². The first-order valence-electron chi connectivity index (χ1n) is 1.57. The van der Waals surface area contributed by atoms with Crippen LogP contribution in [-0.2, 0) is 0 Å². The molecule has 0 radical (unpaired) electrons. The molecule has 0 aliphatic rings. The highest BCUT2D eigenvalue weighted by Crippen LogP contribution is 2.09. The van der Waals surface area contributed by atoms with E-state index in [2.05, 4.69) is 24.2 Å². The molecule has 0 unspecified atom stereocenters. The van der Waals surface area contributed by atoms with Crippen molar-refractivity contribution in [3.63, 3.8) is 0 Å². The van der Waals surface area contributed by atoms with E-state index in [4.69, 9.17) is 0 Å². The largest absolute Gasteiger partial charge is 0.112 e. The lowest BCUT2D eigenvalue weighted by atomic mass is 12.0. The first kappa shape index (κ1) is 11.2. The van der Waals surface area contributed by atoms with Gasteiger partial charge < -0.3 is 0 Å². The predicted octanol–water partition coefficient (Wildman–Crippen LogP) is 2.82. The van der Waals surface area contributed by atoms with E-state index in [0.717, 1.165) is 0 Å². The number of rotatable bonds is 1. The van der Waals surface area contributed by atoms with Gasteiger partial charge in [-0.2, -0.15) is 0 Å². The van der Waals surface area contributed by atoms with Crippen LogP contribution in [0.2, 0.25) is 0 Å². The summed E-state index contributed by atoms with van der Waals surface area (Å²) in [4.78, 5) is 0. The fraction of sp³-hybridized carbons (Fsp3) is 1.00. The van der Waals surface area contributed by atoms with Gasteiger partial charge in [-0.15, -0.1) is 22.5 Å². The molecule has 0 aliphatic carbocycles. The van der Waals surface area contributed by atoms with Crippen LogP contribution in [0.15, 0.2) is 0 Å². The molecule has 0 atom stereocenters. The summed E-state index contributed by atoms with van der Waals surface area (Å²) in [6.07, 6.45) is 6.03. The maximum absolute atomic E-state index is 3.71. The minimum Gasteiger partial charge on any atom is -0.112 e. The highest BCUT2D eigenvalue weighted by Gasteiger charge is 1.55. The molecule has 0 amide bonds. The molecule has 0 heterocycles. The van der Waals surface area contributed by atoms with E-state index in [1.54, 1.807) is 21.6 Å². The Balaban J connectivity index is 0. The van der Waals surface area contributed by atoms with E-state index >= 15 is 0 Å². The van der Waals surface area contributed by atoms with Crippen LogP contribution in [0.1, 0.15) is 0 Å². The van der Waals surface area contributed by atoms with E-state index in [9.17, 15) is 0 Å². The average molecular weight is 174 g/mol. The third-order valence-electron chi connectivity index (χ3n) is 0.167. The van der Waals surface area contributed by atoms with E-state index in [0.29, 0.717) is 0 Å². The van der Waals surface area contributed by atoms with Crippen LogP contribution in [0, 0.1) is 0 Å². The minimum absolute atomic E-state index is 1.44. The van der Waals surface area contributed by atoms with Crippen LogP contribution >= 0.6 is 44.0 Å². The zero-order valence-electron chi connectivity index (χ0n) is 4.67. The minimum atomic E-state index is 1.44. The Morgan fingerprint density at radius 1 is 1.00 bits per heavy atom. The maximum Gasteiger partial charge on any atom is -0.00793 e. The summed E-state index contributed by atoms with van der Waals surface area (Å²) in [5, 5.41) is 0. The van der Waals surface area contributed by atoms with Crippen molar-refractivity contribution in [2.45, 2.75) is 0 Å². The molecule has 46 valence electrons. The molecular formula is C3H10S4. The highest BCUT2D eigenvalue weighted by atomic mass is 33.1. The van der Waals surface area contributed by atoms with Gasteiger partial charge >= 0.3 is 0 Å². The van der Waals surface area contributed by atoms with Crippen LogP contribution in [0.3, 0.4) is 0 Å². The third kappa shape index (κ3) is 37.5. The second kappa shape index (κ2) is 15.7. The molecule has 0 aromatic rings. The monoisotopic (exact) mass is 174 g/mol. The van der Waals surface area contributed by atoms with Crippen molar-refractivity contribution in [2.75, 3.05) is 18.8 Å². The normalized spacial score (nSPS) is 6.86. The molecule has 0 rings (SSSR count). The van der Waals surface area contributed by atoms with E-state index < -0.39 is 0 Å². The molecule has 0 aromatic carbocycles. The molecule has 0 bridgehead atoms. The smallest absolute Gasteiger partial charge is 0.00793 e. The first-order valence-corrected chi connectivity index (χ1v) is 6.82. The molecule has 0 aliphatic heterocycles. The Hall–Kier alpha value is 1.40. The van der Waals surface area contributed by atoms with Crippen molar-refractivity contribution in [1.29, 1.82) is 0 Å². The van der Waals surface area contributed by atoms with Crippen LogP contribution in [-0.4, -0.2) is 18.8 Å². The highest BCUT2D eigenvalue weighted by molar-refractivity contribution is 8.76.